The van der Waals surface area contributed by atoms with Crippen LogP contribution in [0.2, 0.25) is 0 Å². The maximum absolute atomic E-state index is 12.2. The lowest BCUT2D eigenvalue weighted by atomic mass is 10.0. The van der Waals surface area contributed by atoms with Gasteiger partial charge in [-0.2, -0.15) is 0 Å². The van der Waals surface area contributed by atoms with Crippen LogP contribution in [0.3, 0.4) is 0 Å². The van der Waals surface area contributed by atoms with E-state index in [4.69, 9.17) is 0 Å². The molecule has 4 N–H and O–H groups in total. The van der Waals surface area contributed by atoms with Gasteiger partial charge in [-0.3, -0.25) is 9.78 Å². The second-order valence-corrected chi connectivity index (χ2v) is 9.21. The highest BCUT2D eigenvalue weighted by Gasteiger charge is 2.21. The highest BCUT2D eigenvalue weighted by molar-refractivity contribution is 7.88. The summed E-state index contributed by atoms with van der Waals surface area (Å²) in [6.07, 6.45) is 4.26. The fraction of sp³-hybridized carbons (Fsp3) is 0.174. The predicted octanol–water partition coefficient (Wildman–Crippen LogP) is 2.62. The zero-order valence-electron chi connectivity index (χ0n) is 17.9. The number of carboxylic acid groups (broad SMARTS) is 1. The third-order valence-corrected chi connectivity index (χ3v) is 5.42. The molecule has 1 aromatic heterocycles. The molecule has 0 aliphatic rings. The molecule has 0 unspecified atom stereocenters. The van der Waals surface area contributed by atoms with E-state index in [0.29, 0.717) is 17.8 Å². The molecule has 172 valence electrons. The van der Waals surface area contributed by atoms with Gasteiger partial charge in [0.1, 0.15) is 6.04 Å². The smallest absolute Gasteiger partial charge is 0.322 e. The summed E-state index contributed by atoms with van der Waals surface area (Å²) in [5.74, 6) is -1.24. The number of pyridine rings is 1. The number of nitrogens with one attached hydrogen (secondary N) is 3. The van der Waals surface area contributed by atoms with E-state index in [9.17, 15) is 23.1 Å². The fourth-order valence-electron chi connectivity index (χ4n) is 3.14. The molecule has 0 bridgehead atoms. The van der Waals surface area contributed by atoms with Gasteiger partial charge in [0.05, 0.1) is 6.26 Å². The second-order valence-electron chi connectivity index (χ2n) is 7.43. The number of carbonyl (C=O) groups excluding carboxylic acids is 1. The molecule has 0 aliphatic carbocycles. The van der Waals surface area contributed by atoms with Crippen molar-refractivity contribution in [3.63, 3.8) is 0 Å². The largest absolute Gasteiger partial charge is 0.480 e. The summed E-state index contributed by atoms with van der Waals surface area (Å²) in [5.41, 5.74) is 3.95. The Kier molecular flexibility index (Phi) is 7.75. The molecule has 3 rings (SSSR count). The minimum Gasteiger partial charge on any atom is -0.480 e. The number of aliphatic carboxylic acids is 1. The number of aromatic nitrogens is 1. The monoisotopic (exact) mass is 468 g/mol. The highest BCUT2D eigenvalue weighted by atomic mass is 32.2. The van der Waals surface area contributed by atoms with E-state index in [1.165, 1.54) is 0 Å². The topological polar surface area (TPSA) is 137 Å². The molecule has 0 spiro atoms. The molecular formula is C23H24N4O5S. The van der Waals surface area contributed by atoms with Gasteiger partial charge in [0, 0.05) is 24.6 Å². The highest BCUT2D eigenvalue weighted by Crippen LogP contribution is 2.23. The van der Waals surface area contributed by atoms with Gasteiger partial charge in [-0.25, -0.2) is 17.9 Å². The van der Waals surface area contributed by atoms with Crippen LogP contribution in [0.15, 0.2) is 73.1 Å². The lowest BCUT2D eigenvalue weighted by Crippen LogP contribution is -2.41. The van der Waals surface area contributed by atoms with Gasteiger partial charge in [0.25, 0.3) is 0 Å². The van der Waals surface area contributed by atoms with Crippen LogP contribution in [-0.2, 0) is 27.8 Å². The molecule has 0 aliphatic heterocycles. The summed E-state index contributed by atoms with van der Waals surface area (Å²) in [7, 11) is -3.65. The average molecular weight is 469 g/mol. The van der Waals surface area contributed by atoms with Crippen LogP contribution in [0, 0.1) is 0 Å². The molecule has 0 saturated carbocycles. The number of hydrogen-bond donors (Lipinski definition) is 4. The molecule has 1 atom stereocenters. The van der Waals surface area contributed by atoms with E-state index >= 15 is 0 Å². The van der Waals surface area contributed by atoms with Crippen LogP contribution in [-0.4, -0.2) is 42.8 Å². The molecule has 2 amide bonds. The fourth-order valence-corrected chi connectivity index (χ4v) is 3.84. The Morgan fingerprint density at radius 1 is 0.970 bits per heavy atom. The number of urea groups is 1. The summed E-state index contributed by atoms with van der Waals surface area (Å²) in [4.78, 5) is 27.5. The first-order valence-corrected chi connectivity index (χ1v) is 11.9. The second kappa shape index (κ2) is 10.7. The Morgan fingerprint density at radius 3 is 2.30 bits per heavy atom. The molecule has 0 fully saturated rings. The summed E-state index contributed by atoms with van der Waals surface area (Å²) in [6.45, 7) is 0.376. The lowest BCUT2D eigenvalue weighted by molar-refractivity contribution is -0.138. The van der Waals surface area contributed by atoms with Crippen molar-refractivity contribution in [3.8, 4) is 11.1 Å². The SMILES string of the molecule is CS(=O)(=O)N[C@@H](Cc1ccc(-c2cccc(NC(=O)NCc3ccncc3)c2)cc1)C(=O)O. The van der Waals surface area contributed by atoms with Gasteiger partial charge in [0.15, 0.2) is 0 Å². The van der Waals surface area contributed by atoms with E-state index in [1.54, 1.807) is 30.6 Å². The lowest BCUT2D eigenvalue weighted by Gasteiger charge is -2.13. The van der Waals surface area contributed by atoms with Crippen LogP contribution >= 0.6 is 0 Å². The first-order chi connectivity index (χ1) is 15.7. The molecular weight excluding hydrogens is 444 g/mol. The molecule has 3 aromatic rings. The molecule has 1 heterocycles. The van der Waals surface area contributed by atoms with E-state index in [0.717, 1.165) is 22.9 Å². The summed E-state index contributed by atoms with van der Waals surface area (Å²) >= 11 is 0. The zero-order valence-corrected chi connectivity index (χ0v) is 18.7. The average Bonchev–Trinajstić information content (AvgIpc) is 2.78. The van der Waals surface area contributed by atoms with E-state index in [1.807, 2.05) is 42.5 Å². The normalized spacial score (nSPS) is 12.0. The van der Waals surface area contributed by atoms with Crippen molar-refractivity contribution < 1.29 is 23.1 Å². The first kappa shape index (κ1) is 23.9. The molecule has 0 saturated heterocycles. The minimum atomic E-state index is -3.65. The van der Waals surface area contributed by atoms with E-state index in [2.05, 4.69) is 20.3 Å². The zero-order chi connectivity index (χ0) is 23.8. The standard InChI is InChI=1S/C23H24N4O5S/c1-33(31,32)27-21(22(28)29)13-16-5-7-18(8-6-16)19-3-2-4-20(14-19)26-23(30)25-15-17-9-11-24-12-10-17/h2-12,14,21,27H,13,15H2,1H3,(H,28,29)(H2,25,26,30)/t21-/m0/s1. The quantitative estimate of drug-likeness (QED) is 0.381. The number of anilines is 1. The molecule has 9 nitrogen and oxygen atoms in total. The maximum Gasteiger partial charge on any atom is 0.322 e. The number of benzene rings is 2. The maximum atomic E-state index is 12.2. The summed E-state index contributed by atoms with van der Waals surface area (Å²) < 4.78 is 24.9. The number of sulfonamides is 1. The van der Waals surface area contributed by atoms with Crippen LogP contribution < -0.4 is 15.4 Å². The third kappa shape index (κ3) is 7.70. The number of rotatable bonds is 9. The van der Waals surface area contributed by atoms with E-state index in [-0.39, 0.29) is 12.5 Å². The van der Waals surface area contributed by atoms with Crippen molar-refractivity contribution in [2.75, 3.05) is 11.6 Å². The minimum absolute atomic E-state index is 0.0158. The van der Waals surface area contributed by atoms with Gasteiger partial charge >= 0.3 is 12.0 Å². The van der Waals surface area contributed by atoms with Crippen molar-refractivity contribution in [1.82, 2.24) is 15.0 Å². The van der Waals surface area contributed by atoms with Gasteiger partial charge in [0.2, 0.25) is 10.0 Å². The van der Waals surface area contributed by atoms with Crippen molar-refractivity contribution in [1.29, 1.82) is 0 Å². The van der Waals surface area contributed by atoms with Crippen molar-refractivity contribution in [2.45, 2.75) is 19.0 Å². The number of carbonyl (C=O) groups is 2. The summed E-state index contributed by atoms with van der Waals surface area (Å²) in [6, 6.07) is 16.5. The Hall–Kier alpha value is -3.76. The van der Waals surface area contributed by atoms with Crippen molar-refractivity contribution >= 4 is 27.7 Å². The van der Waals surface area contributed by atoms with Crippen LogP contribution in [0.25, 0.3) is 11.1 Å². The van der Waals surface area contributed by atoms with Gasteiger partial charge in [-0.15, -0.1) is 0 Å². The van der Waals surface area contributed by atoms with E-state index < -0.39 is 22.0 Å². The predicted molar refractivity (Wildman–Crippen MR) is 125 cm³/mol. The number of amides is 2. The van der Waals surface area contributed by atoms with Crippen LogP contribution in [0.4, 0.5) is 10.5 Å². The number of carboxylic acids is 1. The van der Waals surface area contributed by atoms with Gasteiger partial charge in [-0.1, -0.05) is 36.4 Å². The Labute approximate surface area is 191 Å². The molecule has 0 radical (unpaired) electrons. The van der Waals surface area contributed by atoms with Crippen LogP contribution in [0.5, 0.6) is 0 Å². The number of hydrogen-bond acceptors (Lipinski definition) is 5. The Balaban J connectivity index is 1.63. The van der Waals surface area contributed by atoms with Gasteiger partial charge < -0.3 is 15.7 Å². The Bertz CT molecular complexity index is 1220. The van der Waals surface area contributed by atoms with Gasteiger partial charge in [-0.05, 0) is 52.9 Å². The van der Waals surface area contributed by atoms with Crippen molar-refractivity contribution in [2.24, 2.45) is 0 Å². The molecule has 2 aromatic carbocycles. The number of nitrogens with zero attached hydrogens (tertiary/aromatic N) is 1. The molecule has 10 heteroatoms. The Morgan fingerprint density at radius 2 is 1.67 bits per heavy atom. The summed E-state index contributed by atoms with van der Waals surface area (Å²) in [5, 5.41) is 14.8. The van der Waals surface area contributed by atoms with Crippen LogP contribution in [0.1, 0.15) is 11.1 Å². The third-order valence-electron chi connectivity index (χ3n) is 4.70. The van der Waals surface area contributed by atoms with Crippen molar-refractivity contribution in [3.05, 3.63) is 84.2 Å². The molecule has 33 heavy (non-hydrogen) atoms. The first-order valence-electron chi connectivity index (χ1n) is 10.0.